The largest absolute Gasteiger partial charge is 0.271 e. The minimum Gasteiger partial charge on any atom is -0.271 e. The van der Waals surface area contributed by atoms with Gasteiger partial charge in [-0.2, -0.15) is 0 Å². The molecule has 0 bridgehead atoms. The van der Waals surface area contributed by atoms with Crippen molar-refractivity contribution in [2.24, 2.45) is 23.6 Å². The Balaban J connectivity index is 2.29. The van der Waals surface area contributed by atoms with Gasteiger partial charge in [-0.3, -0.25) is 11.3 Å². The summed E-state index contributed by atoms with van der Waals surface area (Å²) in [6, 6.07) is 0.557. The van der Waals surface area contributed by atoms with E-state index >= 15 is 0 Å². The summed E-state index contributed by atoms with van der Waals surface area (Å²) in [5.74, 6) is 8.34. The number of nitrogens with one attached hydrogen (secondary N) is 1. The molecule has 0 aliphatic heterocycles. The minimum atomic E-state index is 0.557. The van der Waals surface area contributed by atoms with Gasteiger partial charge >= 0.3 is 0 Å². The topological polar surface area (TPSA) is 38.0 Å². The second-order valence-corrected chi connectivity index (χ2v) is 6.15. The summed E-state index contributed by atoms with van der Waals surface area (Å²) < 4.78 is 0. The Kier molecular flexibility index (Phi) is 7.14. The van der Waals surface area contributed by atoms with E-state index in [1.54, 1.807) is 0 Å². The second kappa shape index (κ2) is 8.10. The van der Waals surface area contributed by atoms with E-state index in [0.717, 1.165) is 17.8 Å². The highest BCUT2D eigenvalue weighted by atomic mass is 15.2. The van der Waals surface area contributed by atoms with Gasteiger partial charge in [0.05, 0.1) is 0 Å². The van der Waals surface area contributed by atoms with E-state index in [1.807, 2.05) is 0 Å². The first-order chi connectivity index (χ1) is 8.19. The van der Waals surface area contributed by atoms with Crippen molar-refractivity contribution >= 4 is 0 Å². The number of nitrogens with two attached hydrogens (primary N) is 1. The average Bonchev–Trinajstić information content (AvgIpc) is 2.33. The van der Waals surface area contributed by atoms with E-state index < -0.39 is 0 Å². The Morgan fingerprint density at radius 2 is 1.88 bits per heavy atom. The summed E-state index contributed by atoms with van der Waals surface area (Å²) in [5.41, 5.74) is 3.08. The third kappa shape index (κ3) is 4.97. The maximum Gasteiger partial charge on any atom is 0.0238 e. The summed E-state index contributed by atoms with van der Waals surface area (Å²) in [7, 11) is 0. The maximum atomic E-state index is 5.75. The number of hydrazine groups is 1. The van der Waals surface area contributed by atoms with Crippen LogP contribution < -0.4 is 11.3 Å². The average molecular weight is 240 g/mol. The lowest BCUT2D eigenvalue weighted by atomic mass is 9.72. The van der Waals surface area contributed by atoms with Crippen molar-refractivity contribution in [3.05, 3.63) is 0 Å². The molecule has 17 heavy (non-hydrogen) atoms. The second-order valence-electron chi connectivity index (χ2n) is 6.15. The van der Waals surface area contributed by atoms with Gasteiger partial charge in [0.25, 0.3) is 0 Å². The highest BCUT2D eigenvalue weighted by Gasteiger charge is 2.29. The van der Waals surface area contributed by atoms with Gasteiger partial charge in [-0.05, 0) is 37.0 Å². The van der Waals surface area contributed by atoms with Gasteiger partial charge in [-0.1, -0.05) is 52.9 Å². The molecular formula is C15H32N2. The quantitative estimate of drug-likeness (QED) is 0.403. The molecule has 1 aliphatic rings. The summed E-state index contributed by atoms with van der Waals surface area (Å²) in [5, 5.41) is 0. The first kappa shape index (κ1) is 15.0. The fourth-order valence-corrected chi connectivity index (χ4v) is 3.20. The van der Waals surface area contributed by atoms with Crippen molar-refractivity contribution in [2.45, 2.75) is 78.2 Å². The van der Waals surface area contributed by atoms with Crippen LogP contribution in [0.2, 0.25) is 0 Å². The van der Waals surface area contributed by atoms with Crippen molar-refractivity contribution < 1.29 is 0 Å². The summed E-state index contributed by atoms with van der Waals surface area (Å²) in [4.78, 5) is 0. The number of hydrogen-bond donors (Lipinski definition) is 2. The van der Waals surface area contributed by atoms with Gasteiger partial charge in [0.15, 0.2) is 0 Å². The zero-order valence-electron chi connectivity index (χ0n) is 12.0. The summed E-state index contributed by atoms with van der Waals surface area (Å²) in [6.45, 7) is 7.07. The first-order valence-electron chi connectivity index (χ1n) is 7.65. The van der Waals surface area contributed by atoms with E-state index in [4.69, 9.17) is 5.84 Å². The van der Waals surface area contributed by atoms with E-state index in [9.17, 15) is 0 Å². The Labute approximate surface area is 108 Å². The van der Waals surface area contributed by atoms with Crippen molar-refractivity contribution in [3.8, 4) is 0 Å². The molecule has 0 aromatic heterocycles. The monoisotopic (exact) mass is 240 g/mol. The Morgan fingerprint density at radius 1 is 1.12 bits per heavy atom. The van der Waals surface area contributed by atoms with Crippen LogP contribution in [0.3, 0.4) is 0 Å². The maximum absolute atomic E-state index is 5.75. The Bertz CT molecular complexity index is 193. The van der Waals surface area contributed by atoms with E-state index in [0.29, 0.717) is 6.04 Å². The summed E-state index contributed by atoms with van der Waals surface area (Å²) in [6.07, 6.45) is 10.8. The van der Waals surface area contributed by atoms with Crippen LogP contribution in [-0.2, 0) is 0 Å². The highest BCUT2D eigenvalue weighted by molar-refractivity contribution is 4.82. The van der Waals surface area contributed by atoms with Crippen LogP contribution in [0.4, 0.5) is 0 Å². The molecule has 0 radical (unpaired) electrons. The molecule has 102 valence electrons. The molecule has 4 atom stereocenters. The Hall–Kier alpha value is -0.0800. The SMILES string of the molecule is CCCCCCC(NN)C1CCC(C)C(C)C1. The predicted molar refractivity (Wildman–Crippen MR) is 75.5 cm³/mol. The van der Waals surface area contributed by atoms with Crippen LogP contribution >= 0.6 is 0 Å². The van der Waals surface area contributed by atoms with Crippen molar-refractivity contribution in [1.29, 1.82) is 0 Å². The van der Waals surface area contributed by atoms with Crippen LogP contribution in [0.5, 0.6) is 0 Å². The normalized spacial score (nSPS) is 31.4. The van der Waals surface area contributed by atoms with E-state index in [2.05, 4.69) is 26.2 Å². The van der Waals surface area contributed by atoms with E-state index in [1.165, 1.54) is 51.4 Å². The van der Waals surface area contributed by atoms with Crippen molar-refractivity contribution in [3.63, 3.8) is 0 Å². The van der Waals surface area contributed by atoms with Crippen LogP contribution in [0.1, 0.15) is 72.1 Å². The molecule has 3 N–H and O–H groups in total. The third-order valence-electron chi connectivity index (χ3n) is 4.79. The molecular weight excluding hydrogens is 208 g/mol. The lowest BCUT2D eigenvalue weighted by Gasteiger charge is -2.36. The molecule has 0 spiro atoms. The molecule has 0 saturated heterocycles. The zero-order valence-corrected chi connectivity index (χ0v) is 12.0. The number of rotatable bonds is 7. The highest BCUT2D eigenvalue weighted by Crippen LogP contribution is 2.35. The molecule has 1 rings (SSSR count). The minimum absolute atomic E-state index is 0.557. The molecule has 2 nitrogen and oxygen atoms in total. The molecule has 0 amide bonds. The van der Waals surface area contributed by atoms with E-state index in [-0.39, 0.29) is 0 Å². The molecule has 1 fully saturated rings. The number of unbranched alkanes of at least 4 members (excludes halogenated alkanes) is 3. The first-order valence-corrected chi connectivity index (χ1v) is 7.65. The van der Waals surface area contributed by atoms with Crippen LogP contribution in [0, 0.1) is 17.8 Å². The third-order valence-corrected chi connectivity index (χ3v) is 4.79. The molecule has 0 heterocycles. The molecule has 0 aromatic rings. The number of hydrogen-bond acceptors (Lipinski definition) is 2. The summed E-state index contributed by atoms with van der Waals surface area (Å²) >= 11 is 0. The van der Waals surface area contributed by atoms with Gasteiger partial charge in [0.2, 0.25) is 0 Å². The smallest absolute Gasteiger partial charge is 0.0238 e. The molecule has 0 aromatic carbocycles. The van der Waals surface area contributed by atoms with Crippen LogP contribution in [-0.4, -0.2) is 6.04 Å². The van der Waals surface area contributed by atoms with Gasteiger partial charge in [0.1, 0.15) is 0 Å². The molecule has 1 aliphatic carbocycles. The van der Waals surface area contributed by atoms with Crippen LogP contribution in [0.25, 0.3) is 0 Å². The van der Waals surface area contributed by atoms with Crippen molar-refractivity contribution in [2.75, 3.05) is 0 Å². The fraction of sp³-hybridized carbons (Fsp3) is 1.00. The van der Waals surface area contributed by atoms with Gasteiger partial charge < -0.3 is 0 Å². The predicted octanol–water partition coefficient (Wildman–Crippen LogP) is 3.86. The standard InChI is InChI=1S/C15H32N2/c1-4-5-6-7-8-15(17-16)14-10-9-12(2)13(3)11-14/h12-15,17H,4-11,16H2,1-3H3. The molecule has 1 saturated carbocycles. The van der Waals surface area contributed by atoms with Gasteiger partial charge in [-0.15, -0.1) is 0 Å². The lowest BCUT2D eigenvalue weighted by Crippen LogP contribution is -2.43. The fourth-order valence-electron chi connectivity index (χ4n) is 3.20. The van der Waals surface area contributed by atoms with Gasteiger partial charge in [-0.25, -0.2) is 0 Å². The molecule has 4 unspecified atom stereocenters. The van der Waals surface area contributed by atoms with Gasteiger partial charge in [0, 0.05) is 6.04 Å². The lowest BCUT2D eigenvalue weighted by molar-refractivity contribution is 0.165. The molecule has 2 heteroatoms. The van der Waals surface area contributed by atoms with Crippen LogP contribution in [0.15, 0.2) is 0 Å². The van der Waals surface area contributed by atoms with Crippen molar-refractivity contribution in [1.82, 2.24) is 5.43 Å². The Morgan fingerprint density at radius 3 is 2.47 bits per heavy atom. The zero-order chi connectivity index (χ0) is 12.7.